The van der Waals surface area contributed by atoms with E-state index in [0.717, 1.165) is 44.9 Å². The Morgan fingerprint density at radius 3 is 2.00 bits per heavy atom. The second kappa shape index (κ2) is 11.2. The summed E-state index contributed by atoms with van der Waals surface area (Å²) in [6.45, 7) is 10.1. The van der Waals surface area contributed by atoms with E-state index in [9.17, 15) is 0 Å². The average molecular weight is 676 g/mol. The first-order chi connectivity index (χ1) is 25.3. The van der Waals surface area contributed by atoms with Crippen molar-refractivity contribution in [3.8, 4) is 28.4 Å². The van der Waals surface area contributed by atoms with Gasteiger partial charge in [-0.1, -0.05) is 93.6 Å². The zero-order valence-electron chi connectivity index (χ0n) is 29.6. The van der Waals surface area contributed by atoms with Crippen molar-refractivity contribution in [1.29, 1.82) is 0 Å². The summed E-state index contributed by atoms with van der Waals surface area (Å²) in [5.74, 6) is 2.50. The average Bonchev–Trinajstić information content (AvgIpc) is 3.76. The Balaban J connectivity index is 1.06. The molecule has 0 amide bonds. The molecule has 8 aromatic rings. The monoisotopic (exact) mass is 675 g/mol. The molecule has 3 aliphatic heterocycles. The van der Waals surface area contributed by atoms with Crippen LogP contribution in [0.3, 0.4) is 0 Å². The maximum absolute atomic E-state index is 6.74. The van der Waals surface area contributed by atoms with Gasteiger partial charge < -0.3 is 4.74 Å². The summed E-state index contributed by atoms with van der Waals surface area (Å²) in [6, 6.07) is 56.4. The van der Waals surface area contributed by atoms with Gasteiger partial charge in [0, 0.05) is 41.2 Å². The molecule has 0 saturated carbocycles. The molecule has 0 N–H and O–H groups in total. The van der Waals surface area contributed by atoms with Crippen molar-refractivity contribution in [1.82, 2.24) is 18.5 Å². The molecule has 1 saturated heterocycles. The van der Waals surface area contributed by atoms with Gasteiger partial charge in [-0.25, -0.2) is 4.98 Å². The Morgan fingerprint density at radius 1 is 0.577 bits per heavy atom. The van der Waals surface area contributed by atoms with Gasteiger partial charge in [-0.3, -0.25) is 13.5 Å². The topological polar surface area (TPSA) is 27.1 Å². The van der Waals surface area contributed by atoms with Crippen molar-refractivity contribution in [2.45, 2.75) is 26.2 Å². The highest BCUT2D eigenvalue weighted by molar-refractivity contribution is 6.10. The Hall–Kier alpha value is -6.01. The molecule has 0 aliphatic carbocycles. The fraction of sp³-hybridized carbons (Fsp3) is 0.106. The molecule has 2 aromatic heterocycles. The SMILES string of the molecule is CC(C)(C)c1ccnc(-n2c3ccc(-c4ccccc4)cc3c3ccc(Oc4cccc([N+]56[CH-][N+](c7ccccc7)(C5)c5ccccc56)c4)cc32)c1. The minimum absolute atomic E-state index is 0.00837. The van der Waals surface area contributed by atoms with Crippen LogP contribution < -0.4 is 13.7 Å². The molecule has 3 aliphatic rings. The molecule has 52 heavy (non-hydrogen) atoms. The molecular formula is C47H39N4O+. The fourth-order valence-electron chi connectivity index (χ4n) is 8.41. The van der Waals surface area contributed by atoms with Crippen molar-refractivity contribution in [3.63, 3.8) is 0 Å². The largest absolute Gasteiger partial charge is 0.457 e. The standard InChI is InChI=1S/C47H39N4O/c1-47(2,3)35-25-26-48-46(28-35)49-42-24-21-34(33-13-6-4-7-14-33)27-41(42)40-23-22-39(30-43(40)49)52-38-18-12-17-37(29-38)51-31-50(32-51,36-15-8-5-9-16-36)44-19-10-11-20-45(44)51/h4-31H,32H2,1-3H3/q+1. The van der Waals surface area contributed by atoms with E-state index in [1.54, 1.807) is 0 Å². The lowest BCUT2D eigenvalue weighted by atomic mass is 9.88. The van der Waals surface area contributed by atoms with Crippen LogP contribution in [0, 0.1) is 6.67 Å². The highest BCUT2D eigenvalue weighted by Gasteiger charge is 2.62. The van der Waals surface area contributed by atoms with Gasteiger partial charge in [0.25, 0.3) is 0 Å². The van der Waals surface area contributed by atoms with Crippen molar-refractivity contribution < 1.29 is 4.74 Å². The third-order valence-corrected chi connectivity index (χ3v) is 11.0. The molecule has 252 valence electrons. The Kier molecular flexibility index (Phi) is 6.66. The molecule has 2 atom stereocenters. The van der Waals surface area contributed by atoms with E-state index in [1.165, 1.54) is 44.8 Å². The zero-order valence-corrected chi connectivity index (χ0v) is 29.6. The van der Waals surface area contributed by atoms with Crippen molar-refractivity contribution >= 4 is 44.6 Å². The fourth-order valence-corrected chi connectivity index (χ4v) is 8.41. The van der Waals surface area contributed by atoms with Crippen LogP contribution in [0.1, 0.15) is 26.3 Å². The molecular weight excluding hydrogens is 637 g/mol. The van der Waals surface area contributed by atoms with Gasteiger partial charge in [-0.05, 0) is 82.8 Å². The second-order valence-electron chi connectivity index (χ2n) is 15.2. The van der Waals surface area contributed by atoms with Gasteiger partial charge in [0.2, 0.25) is 0 Å². The predicted molar refractivity (Wildman–Crippen MR) is 214 cm³/mol. The number of rotatable bonds is 6. The number of ether oxygens (including phenoxy) is 1. The second-order valence-corrected chi connectivity index (χ2v) is 15.2. The Morgan fingerprint density at radius 2 is 1.25 bits per heavy atom. The molecule has 2 bridgehead atoms. The summed E-state index contributed by atoms with van der Waals surface area (Å²) in [5.41, 5.74) is 10.9. The highest BCUT2D eigenvalue weighted by atomic mass is 16.5. The first-order valence-electron chi connectivity index (χ1n) is 18.0. The van der Waals surface area contributed by atoms with E-state index in [1.807, 2.05) is 6.20 Å². The normalized spacial score (nSPS) is 19.1. The molecule has 6 aromatic carbocycles. The predicted octanol–water partition coefficient (Wildman–Crippen LogP) is 12.3. The minimum Gasteiger partial charge on any atom is -0.457 e. The first-order valence-corrected chi connectivity index (χ1v) is 18.0. The van der Waals surface area contributed by atoms with E-state index in [0.29, 0.717) is 4.48 Å². The van der Waals surface area contributed by atoms with E-state index in [4.69, 9.17) is 9.72 Å². The molecule has 11 rings (SSSR count). The molecule has 5 heterocycles. The van der Waals surface area contributed by atoms with E-state index >= 15 is 0 Å². The van der Waals surface area contributed by atoms with Crippen LogP contribution in [-0.2, 0) is 5.41 Å². The molecule has 5 nitrogen and oxygen atoms in total. The summed E-state index contributed by atoms with van der Waals surface area (Å²) in [6.07, 6.45) is 1.93. The summed E-state index contributed by atoms with van der Waals surface area (Å²) in [4.78, 5) is 4.92. The number of pyridine rings is 1. The summed E-state index contributed by atoms with van der Waals surface area (Å²) in [5, 5.41) is 2.35. The number of hydrogen-bond donors (Lipinski definition) is 0. The smallest absolute Gasteiger partial charge is 0.186 e. The quantitative estimate of drug-likeness (QED) is 0.130. The number of hydrogen-bond acceptors (Lipinski definition) is 2. The van der Waals surface area contributed by atoms with Gasteiger partial charge >= 0.3 is 0 Å². The van der Waals surface area contributed by atoms with E-state index < -0.39 is 0 Å². The summed E-state index contributed by atoms with van der Waals surface area (Å²) in [7, 11) is 0. The highest BCUT2D eigenvalue weighted by Crippen LogP contribution is 2.65. The van der Waals surface area contributed by atoms with Crippen LogP contribution in [0.25, 0.3) is 38.8 Å². The number of nitrogens with zero attached hydrogens (tertiary/aromatic N) is 4. The third kappa shape index (κ3) is 4.60. The van der Waals surface area contributed by atoms with Crippen LogP contribution in [0.5, 0.6) is 11.5 Å². The summed E-state index contributed by atoms with van der Waals surface area (Å²) >= 11 is 0. The van der Waals surface area contributed by atoms with Crippen LogP contribution in [0.2, 0.25) is 0 Å². The molecule has 2 unspecified atom stereocenters. The van der Waals surface area contributed by atoms with Crippen molar-refractivity contribution in [2.24, 2.45) is 0 Å². The van der Waals surface area contributed by atoms with Crippen molar-refractivity contribution in [2.75, 3.05) is 6.67 Å². The maximum Gasteiger partial charge on any atom is 0.186 e. The van der Waals surface area contributed by atoms with Gasteiger partial charge in [-0.15, -0.1) is 0 Å². The molecule has 0 spiro atoms. The number of quaternary nitrogens is 2. The van der Waals surface area contributed by atoms with Gasteiger partial charge in [0.15, 0.2) is 18.0 Å². The van der Waals surface area contributed by atoms with Crippen LogP contribution in [-0.4, -0.2) is 16.2 Å². The van der Waals surface area contributed by atoms with Crippen LogP contribution >= 0.6 is 0 Å². The number of aromatic nitrogens is 2. The van der Waals surface area contributed by atoms with Crippen molar-refractivity contribution in [3.05, 3.63) is 176 Å². The molecule has 1 fully saturated rings. The van der Waals surface area contributed by atoms with Gasteiger partial charge in [0.05, 0.1) is 17.7 Å². The minimum atomic E-state index is -0.00837. The Bertz CT molecular complexity index is 2650. The number of benzene rings is 6. The van der Waals surface area contributed by atoms with Crippen LogP contribution in [0.15, 0.2) is 164 Å². The number of para-hydroxylation sites is 3. The van der Waals surface area contributed by atoms with E-state index in [2.05, 4.69) is 190 Å². The lowest BCUT2D eigenvalue weighted by molar-refractivity contribution is 0.187. The van der Waals surface area contributed by atoms with E-state index in [-0.39, 0.29) is 5.41 Å². The van der Waals surface area contributed by atoms with Crippen LogP contribution in [0.4, 0.5) is 22.7 Å². The van der Waals surface area contributed by atoms with Gasteiger partial charge in [0.1, 0.15) is 28.7 Å². The zero-order chi connectivity index (χ0) is 35.1. The maximum atomic E-state index is 6.74. The van der Waals surface area contributed by atoms with Gasteiger partial charge in [-0.2, -0.15) is 0 Å². The lowest BCUT2D eigenvalue weighted by Gasteiger charge is -2.56. The lowest BCUT2D eigenvalue weighted by Crippen LogP contribution is -2.67. The first kappa shape index (κ1) is 30.8. The number of fused-ring (bicyclic) bond motifs is 3. The molecule has 5 heteroatoms. The molecule has 0 radical (unpaired) electrons. The Labute approximate surface area is 304 Å². The summed E-state index contributed by atoms with van der Waals surface area (Å²) < 4.78 is 10.5. The third-order valence-electron chi connectivity index (χ3n) is 11.0.